The number of nitro benzene ring substituents is 1. The third-order valence-electron chi connectivity index (χ3n) is 4.44. The summed E-state index contributed by atoms with van der Waals surface area (Å²) in [6.45, 7) is -0.582. The number of hydrogen-bond acceptors (Lipinski definition) is 9. The lowest BCUT2D eigenvalue weighted by atomic mass is 10.1. The van der Waals surface area contributed by atoms with E-state index in [1.165, 1.54) is 38.5 Å². The molecule has 0 spiro atoms. The Kier molecular flexibility index (Phi) is 9.04. The molecule has 1 amide bonds. The van der Waals surface area contributed by atoms with Crippen LogP contribution in [-0.4, -0.2) is 49.4 Å². The Hall–Kier alpha value is -4.28. The van der Waals surface area contributed by atoms with E-state index in [0.717, 1.165) is 6.07 Å². The summed E-state index contributed by atoms with van der Waals surface area (Å²) in [5, 5.41) is 13.7. The van der Waals surface area contributed by atoms with Gasteiger partial charge in [-0.15, -0.1) is 0 Å². The molecule has 11 nitrogen and oxygen atoms in total. The smallest absolute Gasteiger partial charge is 0.337 e. The SMILES string of the molecule is COC(=O)c1ccc(NC(=O)CCCC(=O)OCC(=O)c2ccc(OC)c([N+](=O)[O-])c2)cc1. The van der Waals surface area contributed by atoms with Gasteiger partial charge in [0, 0.05) is 30.2 Å². The number of Topliss-reactive ketones (excluding diaryl/α,β-unsaturated/α-hetero) is 1. The van der Waals surface area contributed by atoms with Crippen molar-refractivity contribution in [2.45, 2.75) is 19.3 Å². The second kappa shape index (κ2) is 11.9. The summed E-state index contributed by atoms with van der Waals surface area (Å²) in [6, 6.07) is 9.79. The predicted molar refractivity (Wildman–Crippen MR) is 115 cm³/mol. The van der Waals surface area contributed by atoms with Crippen LogP contribution in [0.1, 0.15) is 40.0 Å². The molecule has 0 heterocycles. The molecule has 1 N–H and O–H groups in total. The minimum atomic E-state index is -0.680. The Morgan fingerprint density at radius 2 is 1.64 bits per heavy atom. The highest BCUT2D eigenvalue weighted by molar-refractivity contribution is 5.98. The summed E-state index contributed by atoms with van der Waals surface area (Å²) in [7, 11) is 2.54. The standard InChI is InChI=1S/C22H22N2O9/c1-31-19-11-8-15(12-17(19)24(29)30)18(25)13-33-21(27)5-3-4-20(26)23-16-9-6-14(7-10-16)22(28)32-2/h6-12H,3-5,13H2,1-2H3,(H,23,26). The molecule has 0 fully saturated rings. The number of amides is 1. The van der Waals surface area contributed by atoms with Crippen molar-refractivity contribution in [1.29, 1.82) is 0 Å². The molecular weight excluding hydrogens is 436 g/mol. The summed E-state index contributed by atoms with van der Waals surface area (Å²) < 4.78 is 14.4. The number of methoxy groups -OCH3 is 2. The van der Waals surface area contributed by atoms with Gasteiger partial charge in [0.2, 0.25) is 11.7 Å². The summed E-state index contributed by atoms with van der Waals surface area (Å²) in [6.07, 6.45) is 0.129. The first-order valence-electron chi connectivity index (χ1n) is 9.74. The monoisotopic (exact) mass is 458 g/mol. The lowest BCUT2D eigenvalue weighted by Crippen LogP contribution is -2.16. The average Bonchev–Trinajstić information content (AvgIpc) is 2.81. The van der Waals surface area contributed by atoms with Crippen molar-refractivity contribution in [1.82, 2.24) is 0 Å². The van der Waals surface area contributed by atoms with Crippen LogP contribution >= 0.6 is 0 Å². The molecule has 0 radical (unpaired) electrons. The topological polar surface area (TPSA) is 151 Å². The molecule has 33 heavy (non-hydrogen) atoms. The third kappa shape index (κ3) is 7.42. The zero-order valence-electron chi connectivity index (χ0n) is 18.0. The van der Waals surface area contributed by atoms with Crippen LogP contribution < -0.4 is 10.1 Å². The first-order chi connectivity index (χ1) is 15.7. The molecule has 11 heteroatoms. The maximum absolute atomic E-state index is 12.2. The van der Waals surface area contributed by atoms with Gasteiger partial charge in [0.25, 0.3) is 0 Å². The van der Waals surface area contributed by atoms with Crippen LogP contribution in [0.25, 0.3) is 0 Å². The molecule has 0 aliphatic heterocycles. The molecule has 174 valence electrons. The Morgan fingerprint density at radius 3 is 2.24 bits per heavy atom. The van der Waals surface area contributed by atoms with Gasteiger partial charge in [-0.25, -0.2) is 4.79 Å². The van der Waals surface area contributed by atoms with Gasteiger partial charge < -0.3 is 19.5 Å². The molecule has 2 aromatic rings. The van der Waals surface area contributed by atoms with E-state index in [0.29, 0.717) is 11.3 Å². The lowest BCUT2D eigenvalue weighted by molar-refractivity contribution is -0.385. The second-order valence-electron chi connectivity index (χ2n) is 6.70. The fourth-order valence-electron chi connectivity index (χ4n) is 2.73. The van der Waals surface area contributed by atoms with Crippen molar-refractivity contribution in [3.63, 3.8) is 0 Å². The van der Waals surface area contributed by atoms with E-state index in [4.69, 9.17) is 9.47 Å². The van der Waals surface area contributed by atoms with Gasteiger partial charge in [-0.2, -0.15) is 0 Å². The Bertz CT molecular complexity index is 1050. The third-order valence-corrected chi connectivity index (χ3v) is 4.44. The van der Waals surface area contributed by atoms with Crippen molar-refractivity contribution < 1.29 is 38.3 Å². The summed E-state index contributed by atoms with van der Waals surface area (Å²) in [4.78, 5) is 57.7. The minimum Gasteiger partial charge on any atom is -0.490 e. The minimum absolute atomic E-state index is 0.00577. The van der Waals surface area contributed by atoms with Crippen LogP contribution in [0, 0.1) is 10.1 Å². The first-order valence-corrected chi connectivity index (χ1v) is 9.74. The second-order valence-corrected chi connectivity index (χ2v) is 6.70. The van der Waals surface area contributed by atoms with Gasteiger partial charge in [0.05, 0.1) is 24.7 Å². The predicted octanol–water partition coefficient (Wildman–Crippen LogP) is 2.92. The summed E-state index contributed by atoms with van der Waals surface area (Å²) in [5.41, 5.74) is 0.458. The van der Waals surface area contributed by atoms with Crippen LogP contribution in [0.5, 0.6) is 5.75 Å². The molecule has 0 unspecified atom stereocenters. The van der Waals surface area contributed by atoms with Crippen molar-refractivity contribution >= 4 is 35.0 Å². The number of carbonyl (C=O) groups excluding carboxylic acids is 4. The van der Waals surface area contributed by atoms with Gasteiger partial charge in [-0.3, -0.25) is 24.5 Å². The fourth-order valence-corrected chi connectivity index (χ4v) is 2.73. The highest BCUT2D eigenvalue weighted by Crippen LogP contribution is 2.27. The number of carbonyl (C=O) groups is 4. The Labute approximate surface area is 188 Å². The molecule has 0 atom stereocenters. The normalized spacial score (nSPS) is 10.1. The molecule has 0 saturated carbocycles. The number of nitrogens with one attached hydrogen (secondary N) is 1. The average molecular weight is 458 g/mol. The molecule has 0 saturated heterocycles. The Morgan fingerprint density at radius 1 is 0.970 bits per heavy atom. The first kappa shape index (κ1) is 25.0. The van der Waals surface area contributed by atoms with E-state index in [1.54, 1.807) is 12.1 Å². The molecule has 0 bridgehead atoms. The maximum atomic E-state index is 12.2. The largest absolute Gasteiger partial charge is 0.490 e. The van der Waals surface area contributed by atoms with E-state index in [-0.39, 0.29) is 42.2 Å². The van der Waals surface area contributed by atoms with Gasteiger partial charge in [-0.1, -0.05) is 0 Å². The van der Waals surface area contributed by atoms with Crippen LogP contribution in [0.4, 0.5) is 11.4 Å². The number of ether oxygens (including phenoxy) is 3. The van der Waals surface area contributed by atoms with Gasteiger partial charge in [0.15, 0.2) is 12.4 Å². The molecule has 2 aromatic carbocycles. The number of rotatable bonds is 11. The van der Waals surface area contributed by atoms with Crippen molar-refractivity contribution in [3.8, 4) is 5.75 Å². The number of nitro groups is 1. The highest BCUT2D eigenvalue weighted by Gasteiger charge is 2.19. The van der Waals surface area contributed by atoms with Crippen LogP contribution in [0.15, 0.2) is 42.5 Å². The van der Waals surface area contributed by atoms with Crippen LogP contribution in [-0.2, 0) is 19.1 Å². The van der Waals surface area contributed by atoms with Gasteiger partial charge in [-0.05, 0) is 42.8 Å². The van der Waals surface area contributed by atoms with Gasteiger partial charge >= 0.3 is 17.6 Å². The van der Waals surface area contributed by atoms with E-state index in [9.17, 15) is 29.3 Å². The Balaban J connectivity index is 1.75. The number of ketones is 1. The van der Waals surface area contributed by atoms with Crippen molar-refractivity contribution in [2.24, 2.45) is 0 Å². The molecule has 2 rings (SSSR count). The lowest BCUT2D eigenvalue weighted by Gasteiger charge is -2.07. The summed E-state index contributed by atoms with van der Waals surface area (Å²) in [5.74, 6) is -2.11. The molecule has 0 aliphatic rings. The van der Waals surface area contributed by atoms with E-state index < -0.39 is 29.3 Å². The van der Waals surface area contributed by atoms with E-state index in [2.05, 4.69) is 10.1 Å². The van der Waals surface area contributed by atoms with Crippen molar-refractivity contribution in [3.05, 3.63) is 63.7 Å². The zero-order chi connectivity index (χ0) is 24.4. The quantitative estimate of drug-likeness (QED) is 0.232. The number of benzene rings is 2. The number of hydrogen-bond donors (Lipinski definition) is 1. The van der Waals surface area contributed by atoms with Crippen molar-refractivity contribution in [2.75, 3.05) is 26.1 Å². The van der Waals surface area contributed by atoms with E-state index >= 15 is 0 Å². The van der Waals surface area contributed by atoms with Gasteiger partial charge in [0.1, 0.15) is 0 Å². The maximum Gasteiger partial charge on any atom is 0.337 e. The van der Waals surface area contributed by atoms with Crippen LogP contribution in [0.3, 0.4) is 0 Å². The number of nitrogens with zero attached hydrogens (tertiary/aromatic N) is 1. The highest BCUT2D eigenvalue weighted by atomic mass is 16.6. The summed E-state index contributed by atoms with van der Waals surface area (Å²) >= 11 is 0. The van der Waals surface area contributed by atoms with Crippen LogP contribution in [0.2, 0.25) is 0 Å². The molecule has 0 aliphatic carbocycles. The fraction of sp³-hybridized carbons (Fsp3) is 0.273. The number of esters is 2. The molecular formula is C22H22N2O9. The number of anilines is 1. The van der Waals surface area contributed by atoms with E-state index in [1.807, 2.05) is 0 Å². The zero-order valence-corrected chi connectivity index (χ0v) is 18.0. The molecule has 0 aromatic heterocycles.